The van der Waals surface area contributed by atoms with Gasteiger partial charge in [0.05, 0.1) is 16.6 Å². The molecule has 3 aromatic rings. The Morgan fingerprint density at radius 2 is 1.97 bits per heavy atom. The van der Waals surface area contributed by atoms with Gasteiger partial charge in [-0.25, -0.2) is 0 Å². The zero-order chi connectivity index (χ0) is 20.8. The summed E-state index contributed by atoms with van der Waals surface area (Å²) in [6, 6.07) is 20.9. The lowest BCUT2D eigenvalue weighted by Crippen LogP contribution is -1.98. The molecule has 0 aliphatic carbocycles. The Bertz CT molecular complexity index is 1140. The fourth-order valence-electron chi connectivity index (χ4n) is 2.66. The second kappa shape index (κ2) is 9.37. The van der Waals surface area contributed by atoms with E-state index < -0.39 is 4.92 Å². The topological polar surface area (TPSA) is 76.2 Å². The van der Waals surface area contributed by atoms with E-state index in [0.717, 1.165) is 10.0 Å². The summed E-state index contributed by atoms with van der Waals surface area (Å²) in [5.41, 5.74) is 2.17. The highest BCUT2D eigenvalue weighted by Gasteiger charge is 2.11. The number of hydrogen-bond acceptors (Lipinski definition) is 4. The summed E-state index contributed by atoms with van der Waals surface area (Å²) in [6.07, 6.45) is 1.64. The minimum absolute atomic E-state index is 0.0758. The first-order valence-corrected chi connectivity index (χ1v) is 9.67. The minimum atomic E-state index is -0.490. The van der Waals surface area contributed by atoms with E-state index in [1.165, 1.54) is 12.1 Å². The van der Waals surface area contributed by atoms with E-state index in [1.807, 2.05) is 30.3 Å². The van der Waals surface area contributed by atoms with E-state index in [1.54, 1.807) is 30.3 Å². The summed E-state index contributed by atoms with van der Waals surface area (Å²) in [5.74, 6) is 0.561. The number of allylic oxidation sites excluding steroid dienone is 1. The van der Waals surface area contributed by atoms with Gasteiger partial charge in [-0.2, -0.15) is 5.26 Å². The Balaban J connectivity index is 1.96. The molecule has 0 aliphatic heterocycles. The van der Waals surface area contributed by atoms with Crippen molar-refractivity contribution in [2.24, 2.45) is 0 Å². The van der Waals surface area contributed by atoms with Crippen LogP contribution in [0.2, 0.25) is 5.02 Å². The van der Waals surface area contributed by atoms with Crippen molar-refractivity contribution in [1.82, 2.24) is 0 Å². The molecule has 0 N–H and O–H groups in total. The van der Waals surface area contributed by atoms with Gasteiger partial charge in [-0.15, -0.1) is 0 Å². The fraction of sp³-hybridized carbons (Fsp3) is 0.0455. The predicted octanol–water partition coefficient (Wildman–Crippen LogP) is 6.65. The Kier molecular flexibility index (Phi) is 6.65. The first-order chi connectivity index (χ1) is 14.0. The maximum Gasteiger partial charge on any atom is 0.270 e. The average molecular weight is 470 g/mol. The third-order valence-corrected chi connectivity index (χ3v) is 4.96. The van der Waals surface area contributed by atoms with Gasteiger partial charge < -0.3 is 4.74 Å². The summed E-state index contributed by atoms with van der Waals surface area (Å²) < 4.78 is 6.75. The molecule has 0 atom stereocenters. The summed E-state index contributed by atoms with van der Waals surface area (Å²) in [6.45, 7) is 0.265. The normalized spacial score (nSPS) is 11.0. The number of nitro groups is 1. The fourth-order valence-corrected chi connectivity index (χ4v) is 3.23. The second-order valence-corrected chi connectivity index (χ2v) is 7.36. The van der Waals surface area contributed by atoms with Crippen molar-refractivity contribution in [2.45, 2.75) is 6.61 Å². The molecule has 0 heterocycles. The van der Waals surface area contributed by atoms with E-state index in [4.69, 9.17) is 16.3 Å². The number of nitrogens with zero attached hydrogens (tertiary/aromatic N) is 2. The number of hydrogen-bond donors (Lipinski definition) is 0. The molecular weight excluding hydrogens is 456 g/mol. The third kappa shape index (κ3) is 5.23. The monoisotopic (exact) mass is 468 g/mol. The lowest BCUT2D eigenvalue weighted by Gasteiger charge is -2.11. The van der Waals surface area contributed by atoms with E-state index in [9.17, 15) is 15.4 Å². The maximum atomic E-state index is 11.0. The van der Waals surface area contributed by atoms with Gasteiger partial charge in [0, 0.05) is 32.8 Å². The third-order valence-electron chi connectivity index (χ3n) is 4.10. The molecule has 0 fully saturated rings. The molecule has 0 aromatic heterocycles. The predicted molar refractivity (Wildman–Crippen MR) is 117 cm³/mol. The summed E-state index contributed by atoms with van der Waals surface area (Å²) in [7, 11) is 0. The number of ether oxygens (including phenoxy) is 1. The Morgan fingerprint density at radius 1 is 1.17 bits per heavy atom. The molecule has 3 rings (SSSR count). The number of halogens is 2. The maximum absolute atomic E-state index is 11.0. The highest BCUT2D eigenvalue weighted by atomic mass is 79.9. The van der Waals surface area contributed by atoms with Gasteiger partial charge in [-0.3, -0.25) is 10.1 Å². The molecule has 0 saturated heterocycles. The zero-order valence-corrected chi connectivity index (χ0v) is 17.4. The molecule has 3 aromatic carbocycles. The van der Waals surface area contributed by atoms with Gasteiger partial charge in [-0.05, 0) is 35.9 Å². The molecular formula is C22H14BrClN2O3. The lowest BCUT2D eigenvalue weighted by atomic mass is 10.0. The van der Waals surface area contributed by atoms with Crippen molar-refractivity contribution in [3.63, 3.8) is 0 Å². The van der Waals surface area contributed by atoms with Crippen molar-refractivity contribution < 1.29 is 9.66 Å². The molecule has 29 heavy (non-hydrogen) atoms. The zero-order valence-electron chi connectivity index (χ0n) is 15.0. The van der Waals surface area contributed by atoms with Crippen LogP contribution in [0.25, 0.3) is 11.6 Å². The minimum Gasteiger partial charge on any atom is -0.488 e. The lowest BCUT2D eigenvalue weighted by molar-refractivity contribution is -0.384. The van der Waals surface area contributed by atoms with Crippen molar-refractivity contribution in [1.29, 1.82) is 5.26 Å². The van der Waals surface area contributed by atoms with Crippen LogP contribution in [0.4, 0.5) is 5.69 Å². The molecule has 0 spiro atoms. The number of rotatable bonds is 6. The van der Waals surface area contributed by atoms with Gasteiger partial charge in [0.1, 0.15) is 12.4 Å². The van der Waals surface area contributed by atoms with Crippen LogP contribution >= 0.6 is 27.5 Å². The van der Waals surface area contributed by atoms with E-state index in [0.29, 0.717) is 21.9 Å². The van der Waals surface area contributed by atoms with Gasteiger partial charge in [-0.1, -0.05) is 57.9 Å². The smallest absolute Gasteiger partial charge is 0.270 e. The molecule has 0 amide bonds. The molecule has 0 unspecified atom stereocenters. The summed E-state index contributed by atoms with van der Waals surface area (Å²) >= 11 is 9.61. The first kappa shape index (κ1) is 20.6. The number of nitriles is 1. The molecule has 0 saturated carbocycles. The van der Waals surface area contributed by atoms with Crippen molar-refractivity contribution >= 4 is 44.9 Å². The van der Waals surface area contributed by atoms with Crippen LogP contribution in [-0.4, -0.2) is 4.92 Å². The molecule has 7 heteroatoms. The van der Waals surface area contributed by atoms with Crippen LogP contribution in [0.15, 0.2) is 71.2 Å². The van der Waals surface area contributed by atoms with E-state index >= 15 is 0 Å². The molecule has 5 nitrogen and oxygen atoms in total. The van der Waals surface area contributed by atoms with Gasteiger partial charge in [0.25, 0.3) is 5.69 Å². The van der Waals surface area contributed by atoms with Crippen LogP contribution in [0.5, 0.6) is 5.75 Å². The first-order valence-electron chi connectivity index (χ1n) is 8.50. The van der Waals surface area contributed by atoms with Crippen molar-refractivity contribution in [2.75, 3.05) is 0 Å². The van der Waals surface area contributed by atoms with Crippen LogP contribution in [-0.2, 0) is 6.61 Å². The van der Waals surface area contributed by atoms with Crippen LogP contribution in [0.3, 0.4) is 0 Å². The van der Waals surface area contributed by atoms with Gasteiger partial charge >= 0.3 is 0 Å². The Hall–Kier alpha value is -3.14. The van der Waals surface area contributed by atoms with Crippen molar-refractivity contribution in [3.05, 3.63) is 103 Å². The second-order valence-electron chi connectivity index (χ2n) is 6.04. The Labute approximate surface area is 181 Å². The van der Waals surface area contributed by atoms with Crippen LogP contribution < -0.4 is 4.74 Å². The number of non-ortho nitro benzene ring substituents is 1. The largest absolute Gasteiger partial charge is 0.488 e. The molecule has 144 valence electrons. The molecule has 0 radical (unpaired) electrons. The van der Waals surface area contributed by atoms with E-state index in [2.05, 4.69) is 22.0 Å². The van der Waals surface area contributed by atoms with Gasteiger partial charge in [0.15, 0.2) is 0 Å². The molecule has 0 bridgehead atoms. The SMILES string of the molecule is N#C/C(=C/c1cc(Br)ccc1OCc1ccccc1Cl)c1cccc([N+](=O)[O-])c1. The number of nitro benzene ring substituents is 1. The van der Waals surface area contributed by atoms with Crippen LogP contribution in [0.1, 0.15) is 16.7 Å². The standard InChI is InChI=1S/C22H14BrClN2O3/c23-19-8-9-22(29-14-16-4-1-2-7-21(16)24)17(11-19)10-18(13-25)15-5-3-6-20(12-15)26(27)28/h1-12H,14H2/b18-10-. The highest BCUT2D eigenvalue weighted by molar-refractivity contribution is 9.10. The van der Waals surface area contributed by atoms with Crippen molar-refractivity contribution in [3.8, 4) is 11.8 Å². The average Bonchev–Trinajstić information content (AvgIpc) is 2.72. The molecule has 0 aliphatic rings. The summed E-state index contributed by atoms with van der Waals surface area (Å²) in [5, 5.41) is 21.3. The number of benzene rings is 3. The van der Waals surface area contributed by atoms with Crippen LogP contribution in [0, 0.1) is 21.4 Å². The quantitative estimate of drug-likeness (QED) is 0.175. The van der Waals surface area contributed by atoms with E-state index in [-0.39, 0.29) is 17.9 Å². The van der Waals surface area contributed by atoms with Gasteiger partial charge in [0.2, 0.25) is 0 Å². The highest BCUT2D eigenvalue weighted by Crippen LogP contribution is 2.30. The summed E-state index contributed by atoms with van der Waals surface area (Å²) in [4.78, 5) is 10.5. The Morgan fingerprint density at radius 3 is 2.69 bits per heavy atom.